The average Bonchev–Trinajstić information content (AvgIpc) is 2.99. The molecular formula is C23H17BrN2O2S. The molecule has 1 fully saturated rings. The summed E-state index contributed by atoms with van der Waals surface area (Å²) in [5.41, 5.74) is 2.05. The van der Waals surface area contributed by atoms with Gasteiger partial charge in [-0.15, -0.1) is 0 Å². The summed E-state index contributed by atoms with van der Waals surface area (Å²) in [5, 5.41) is 0.376. The first-order chi connectivity index (χ1) is 14.1. The van der Waals surface area contributed by atoms with E-state index in [4.69, 9.17) is 12.2 Å². The molecule has 0 bridgehead atoms. The molecule has 4 rings (SSSR count). The number of ketones is 1. The summed E-state index contributed by atoms with van der Waals surface area (Å²) in [6, 6.07) is 25.2. The first-order valence-corrected chi connectivity index (χ1v) is 10.3. The van der Waals surface area contributed by atoms with Gasteiger partial charge in [0.05, 0.1) is 5.69 Å². The summed E-state index contributed by atoms with van der Waals surface area (Å²) < 4.78 is 0.897. The van der Waals surface area contributed by atoms with Crippen molar-refractivity contribution >= 4 is 56.3 Å². The smallest absolute Gasteiger partial charge is 0.256 e. The zero-order valence-corrected chi connectivity index (χ0v) is 17.8. The second kappa shape index (κ2) is 8.27. The molecule has 0 spiro atoms. The van der Waals surface area contributed by atoms with Gasteiger partial charge in [0.25, 0.3) is 5.91 Å². The zero-order valence-electron chi connectivity index (χ0n) is 15.4. The van der Waals surface area contributed by atoms with Gasteiger partial charge in [-0.1, -0.05) is 64.5 Å². The SMILES string of the molecule is O=C(C[C@H]1C(=O)N(c2ccccc2)C(=S)N1c1ccccc1)c1ccc(Br)cc1. The Morgan fingerprint density at radius 3 is 2.00 bits per heavy atom. The third-order valence-corrected chi connectivity index (χ3v) is 5.72. The van der Waals surface area contributed by atoms with E-state index in [9.17, 15) is 9.59 Å². The van der Waals surface area contributed by atoms with Gasteiger partial charge < -0.3 is 4.90 Å². The quantitative estimate of drug-likeness (QED) is 0.382. The highest BCUT2D eigenvalue weighted by Crippen LogP contribution is 2.32. The summed E-state index contributed by atoms with van der Waals surface area (Å²) in [4.78, 5) is 29.6. The average molecular weight is 465 g/mol. The molecule has 1 aliphatic rings. The summed E-state index contributed by atoms with van der Waals surface area (Å²) in [7, 11) is 0. The number of benzene rings is 3. The highest BCUT2D eigenvalue weighted by Gasteiger charge is 2.44. The van der Waals surface area contributed by atoms with Crippen molar-refractivity contribution in [3.63, 3.8) is 0 Å². The van der Waals surface area contributed by atoms with Gasteiger partial charge in [0.2, 0.25) is 0 Å². The predicted molar refractivity (Wildman–Crippen MR) is 122 cm³/mol. The highest BCUT2D eigenvalue weighted by atomic mass is 79.9. The largest absolute Gasteiger partial charge is 0.305 e. The number of amides is 1. The van der Waals surface area contributed by atoms with Gasteiger partial charge in [-0.25, -0.2) is 0 Å². The van der Waals surface area contributed by atoms with Crippen molar-refractivity contribution < 1.29 is 9.59 Å². The Labute approximate surface area is 182 Å². The Bertz CT molecular complexity index is 1060. The number of anilines is 2. The number of carbonyl (C=O) groups is 2. The second-order valence-electron chi connectivity index (χ2n) is 6.65. The molecule has 4 nitrogen and oxygen atoms in total. The lowest BCUT2D eigenvalue weighted by Crippen LogP contribution is -2.36. The molecule has 29 heavy (non-hydrogen) atoms. The molecule has 0 unspecified atom stereocenters. The van der Waals surface area contributed by atoms with Crippen LogP contribution >= 0.6 is 28.1 Å². The van der Waals surface area contributed by atoms with Crippen LogP contribution in [-0.4, -0.2) is 22.8 Å². The topological polar surface area (TPSA) is 40.6 Å². The summed E-state index contributed by atoms with van der Waals surface area (Å²) >= 11 is 9.06. The lowest BCUT2D eigenvalue weighted by molar-refractivity contribution is -0.117. The van der Waals surface area contributed by atoms with E-state index in [-0.39, 0.29) is 18.1 Å². The molecule has 0 N–H and O–H groups in total. The number of nitrogens with zero attached hydrogens (tertiary/aromatic N) is 2. The van der Waals surface area contributed by atoms with Crippen LogP contribution in [0, 0.1) is 0 Å². The van der Waals surface area contributed by atoms with Gasteiger partial charge in [-0.3, -0.25) is 14.5 Å². The Kier molecular flexibility index (Phi) is 5.56. The van der Waals surface area contributed by atoms with Crippen molar-refractivity contribution in [2.24, 2.45) is 0 Å². The van der Waals surface area contributed by atoms with Crippen LogP contribution in [0.5, 0.6) is 0 Å². The summed E-state index contributed by atoms with van der Waals surface area (Å²) in [6.45, 7) is 0. The minimum atomic E-state index is -0.693. The molecule has 0 aromatic heterocycles. The number of thiocarbonyl (C=S) groups is 1. The number of Topliss-reactive ketones (excluding diaryl/α,β-unsaturated/α-hetero) is 1. The molecule has 1 heterocycles. The summed E-state index contributed by atoms with van der Waals surface area (Å²) in [6.07, 6.45) is 0.0405. The molecule has 1 aliphatic heterocycles. The third kappa shape index (κ3) is 3.86. The molecular weight excluding hydrogens is 448 g/mol. The number of rotatable bonds is 5. The van der Waals surface area contributed by atoms with E-state index in [1.807, 2.05) is 72.8 Å². The van der Waals surface area contributed by atoms with E-state index in [2.05, 4.69) is 15.9 Å². The number of carbonyl (C=O) groups excluding carboxylic acids is 2. The monoisotopic (exact) mass is 464 g/mol. The van der Waals surface area contributed by atoms with Gasteiger partial charge >= 0.3 is 0 Å². The van der Waals surface area contributed by atoms with Crippen LogP contribution in [0.3, 0.4) is 0 Å². The van der Waals surface area contributed by atoms with Crippen LogP contribution in [0.15, 0.2) is 89.4 Å². The minimum absolute atomic E-state index is 0.0405. The maximum absolute atomic E-state index is 13.4. The Hall–Kier alpha value is -2.83. The lowest BCUT2D eigenvalue weighted by atomic mass is 10.0. The van der Waals surface area contributed by atoms with E-state index in [0.717, 1.165) is 10.2 Å². The molecule has 6 heteroatoms. The zero-order chi connectivity index (χ0) is 20.4. The Morgan fingerprint density at radius 1 is 0.862 bits per heavy atom. The van der Waals surface area contributed by atoms with Crippen LogP contribution in [0.4, 0.5) is 11.4 Å². The normalized spacial score (nSPS) is 16.4. The molecule has 1 amide bonds. The molecule has 3 aromatic rings. The van der Waals surface area contributed by atoms with E-state index < -0.39 is 6.04 Å². The van der Waals surface area contributed by atoms with Gasteiger partial charge in [-0.05, 0) is 48.6 Å². The van der Waals surface area contributed by atoms with Crippen LogP contribution in [-0.2, 0) is 4.79 Å². The van der Waals surface area contributed by atoms with Crippen molar-refractivity contribution in [3.05, 3.63) is 95.0 Å². The highest BCUT2D eigenvalue weighted by molar-refractivity contribution is 9.10. The molecule has 144 valence electrons. The van der Waals surface area contributed by atoms with Gasteiger partial charge in [0, 0.05) is 22.1 Å². The lowest BCUT2D eigenvalue weighted by Gasteiger charge is -2.23. The van der Waals surface area contributed by atoms with Crippen LogP contribution in [0.1, 0.15) is 16.8 Å². The van der Waals surface area contributed by atoms with Crippen molar-refractivity contribution in [3.8, 4) is 0 Å². The van der Waals surface area contributed by atoms with Crippen LogP contribution in [0.25, 0.3) is 0 Å². The summed E-state index contributed by atoms with van der Waals surface area (Å²) in [5.74, 6) is -0.301. The molecule has 0 radical (unpaired) electrons. The Morgan fingerprint density at radius 2 is 1.41 bits per heavy atom. The Balaban J connectivity index is 1.70. The van der Waals surface area contributed by atoms with Crippen LogP contribution < -0.4 is 9.80 Å². The number of hydrogen-bond acceptors (Lipinski definition) is 3. The molecule has 0 saturated carbocycles. The fourth-order valence-corrected chi connectivity index (χ4v) is 4.09. The molecule has 0 aliphatic carbocycles. The first-order valence-electron chi connectivity index (χ1n) is 9.12. The van der Waals surface area contributed by atoms with E-state index in [1.165, 1.54) is 4.90 Å². The molecule has 3 aromatic carbocycles. The maximum atomic E-state index is 13.4. The third-order valence-electron chi connectivity index (χ3n) is 4.81. The van der Waals surface area contributed by atoms with Crippen molar-refractivity contribution in [1.82, 2.24) is 0 Å². The second-order valence-corrected chi connectivity index (χ2v) is 7.93. The van der Waals surface area contributed by atoms with Crippen molar-refractivity contribution in [1.29, 1.82) is 0 Å². The van der Waals surface area contributed by atoms with Crippen molar-refractivity contribution in [2.45, 2.75) is 12.5 Å². The maximum Gasteiger partial charge on any atom is 0.256 e. The van der Waals surface area contributed by atoms with Gasteiger partial charge in [-0.2, -0.15) is 0 Å². The number of halogens is 1. The van der Waals surface area contributed by atoms with E-state index >= 15 is 0 Å². The standard InChI is InChI=1S/C23H17BrN2O2S/c24-17-13-11-16(12-14-17)21(27)15-20-22(28)26(19-9-5-2-6-10-19)23(29)25(20)18-7-3-1-4-8-18/h1-14,20H,15H2/t20-/m0/s1. The van der Waals surface area contributed by atoms with Gasteiger partial charge in [0.1, 0.15) is 6.04 Å². The van der Waals surface area contributed by atoms with E-state index in [1.54, 1.807) is 17.0 Å². The first kappa shape index (κ1) is 19.5. The fourth-order valence-electron chi connectivity index (χ4n) is 3.40. The minimum Gasteiger partial charge on any atom is -0.305 e. The van der Waals surface area contributed by atoms with Gasteiger partial charge in [0.15, 0.2) is 10.9 Å². The van der Waals surface area contributed by atoms with Crippen LogP contribution in [0.2, 0.25) is 0 Å². The van der Waals surface area contributed by atoms with Crippen molar-refractivity contribution in [2.75, 3.05) is 9.80 Å². The predicted octanol–water partition coefficient (Wildman–Crippen LogP) is 5.23. The molecule has 1 atom stereocenters. The fraction of sp³-hybridized carbons (Fsp3) is 0.0870. The number of para-hydroxylation sites is 2. The number of hydrogen-bond donors (Lipinski definition) is 0. The molecule has 1 saturated heterocycles. The van der Waals surface area contributed by atoms with E-state index in [0.29, 0.717) is 16.4 Å².